The average molecular weight is 383 g/mol. The molecule has 3 rings (SSSR count). The van der Waals surface area contributed by atoms with Gasteiger partial charge in [0.2, 0.25) is 5.91 Å². The normalized spacial score (nSPS) is 10.6. The van der Waals surface area contributed by atoms with Crippen LogP contribution in [0.5, 0.6) is 0 Å². The van der Waals surface area contributed by atoms with Crippen LogP contribution in [0.15, 0.2) is 59.4 Å². The Balaban J connectivity index is 1.62. The van der Waals surface area contributed by atoms with Gasteiger partial charge in [-0.1, -0.05) is 54.1 Å². The highest BCUT2D eigenvalue weighted by Crippen LogP contribution is 2.17. The zero-order valence-electron chi connectivity index (χ0n) is 14.9. The van der Waals surface area contributed by atoms with E-state index in [4.69, 9.17) is 11.6 Å². The van der Waals surface area contributed by atoms with Gasteiger partial charge in [-0.25, -0.2) is 0 Å². The van der Waals surface area contributed by atoms with Gasteiger partial charge in [0, 0.05) is 37.0 Å². The van der Waals surface area contributed by atoms with Crippen molar-refractivity contribution in [3.8, 4) is 11.4 Å². The lowest BCUT2D eigenvalue weighted by molar-refractivity contribution is -0.130. The van der Waals surface area contributed by atoms with Crippen LogP contribution in [0.4, 0.5) is 0 Å². The van der Waals surface area contributed by atoms with Crippen molar-refractivity contribution >= 4 is 17.5 Å². The molecule has 0 aliphatic heterocycles. The number of nitrogens with zero attached hydrogens (tertiary/aromatic N) is 3. The second-order valence-electron chi connectivity index (χ2n) is 6.20. The number of benzene rings is 2. The van der Waals surface area contributed by atoms with Crippen molar-refractivity contribution < 1.29 is 4.79 Å². The number of aromatic nitrogens is 3. The number of aromatic amines is 1. The number of halogens is 1. The van der Waals surface area contributed by atoms with E-state index < -0.39 is 0 Å². The van der Waals surface area contributed by atoms with Crippen molar-refractivity contribution in [2.45, 2.75) is 19.4 Å². The first-order chi connectivity index (χ1) is 13.0. The first-order valence-electron chi connectivity index (χ1n) is 8.52. The second kappa shape index (κ2) is 8.60. The highest BCUT2D eigenvalue weighted by molar-refractivity contribution is 6.30. The van der Waals surface area contributed by atoms with Crippen LogP contribution in [-0.2, 0) is 17.8 Å². The maximum Gasteiger partial charge on any atom is 0.273 e. The summed E-state index contributed by atoms with van der Waals surface area (Å²) >= 11 is 5.96. The van der Waals surface area contributed by atoms with Gasteiger partial charge >= 0.3 is 0 Å². The van der Waals surface area contributed by atoms with E-state index in [1.54, 1.807) is 36.2 Å². The van der Waals surface area contributed by atoms with Crippen molar-refractivity contribution in [2.75, 3.05) is 7.05 Å². The van der Waals surface area contributed by atoms with Crippen LogP contribution in [-0.4, -0.2) is 33.0 Å². The summed E-state index contributed by atoms with van der Waals surface area (Å²) in [5.74, 6) is 0.290. The van der Waals surface area contributed by atoms with Gasteiger partial charge in [0.15, 0.2) is 5.82 Å². The molecule has 2 aromatic carbocycles. The van der Waals surface area contributed by atoms with Crippen LogP contribution >= 0.6 is 11.6 Å². The Morgan fingerprint density at radius 3 is 2.59 bits per heavy atom. The SMILES string of the molecule is CN(Cc1ccccc1)C(=O)CCc1nnc(-c2cccc(Cl)c2)[nH]c1=O. The molecule has 0 fully saturated rings. The molecule has 0 aliphatic carbocycles. The number of aryl methyl sites for hydroxylation is 1. The highest BCUT2D eigenvalue weighted by atomic mass is 35.5. The van der Waals surface area contributed by atoms with Crippen LogP contribution in [0.25, 0.3) is 11.4 Å². The summed E-state index contributed by atoms with van der Waals surface area (Å²) in [5.41, 5.74) is 1.62. The van der Waals surface area contributed by atoms with Crippen LogP contribution in [0.2, 0.25) is 5.02 Å². The lowest BCUT2D eigenvalue weighted by atomic mass is 10.2. The number of rotatable bonds is 6. The predicted molar refractivity (Wildman–Crippen MR) is 104 cm³/mol. The molecule has 6 nitrogen and oxygen atoms in total. The number of hydrogen-bond acceptors (Lipinski definition) is 4. The molecule has 0 bridgehead atoms. The van der Waals surface area contributed by atoms with E-state index in [1.165, 1.54) is 0 Å². The summed E-state index contributed by atoms with van der Waals surface area (Å²) in [6.45, 7) is 0.523. The molecule has 7 heteroatoms. The molecule has 3 aromatic rings. The van der Waals surface area contributed by atoms with Crippen LogP contribution < -0.4 is 5.56 Å². The zero-order valence-corrected chi connectivity index (χ0v) is 15.6. The zero-order chi connectivity index (χ0) is 19.2. The fourth-order valence-electron chi connectivity index (χ4n) is 2.65. The van der Waals surface area contributed by atoms with Crippen molar-refractivity contribution in [1.82, 2.24) is 20.1 Å². The van der Waals surface area contributed by atoms with E-state index in [0.717, 1.165) is 5.56 Å². The third kappa shape index (κ3) is 5.01. The van der Waals surface area contributed by atoms with Crippen molar-refractivity contribution in [3.05, 3.63) is 81.2 Å². The molecule has 1 N–H and O–H groups in total. The molecular weight excluding hydrogens is 364 g/mol. The number of carbonyl (C=O) groups is 1. The second-order valence-corrected chi connectivity index (χ2v) is 6.63. The average Bonchev–Trinajstić information content (AvgIpc) is 2.67. The van der Waals surface area contributed by atoms with Gasteiger partial charge in [-0.2, -0.15) is 0 Å². The van der Waals surface area contributed by atoms with Crippen molar-refractivity contribution in [1.29, 1.82) is 0 Å². The van der Waals surface area contributed by atoms with Crippen LogP contribution in [0, 0.1) is 0 Å². The Bertz CT molecular complexity index is 989. The van der Waals surface area contributed by atoms with Crippen molar-refractivity contribution in [2.24, 2.45) is 0 Å². The highest BCUT2D eigenvalue weighted by Gasteiger charge is 2.13. The molecule has 138 valence electrons. The molecule has 1 amide bonds. The first-order valence-corrected chi connectivity index (χ1v) is 8.90. The Kier molecular flexibility index (Phi) is 5.98. The Morgan fingerprint density at radius 1 is 1.11 bits per heavy atom. The Labute approximate surface area is 161 Å². The number of H-pyrrole nitrogens is 1. The summed E-state index contributed by atoms with van der Waals surface area (Å²) in [5, 5.41) is 8.59. The molecule has 0 saturated carbocycles. The molecule has 0 radical (unpaired) electrons. The quantitative estimate of drug-likeness (QED) is 0.710. The van der Waals surface area contributed by atoms with Gasteiger partial charge in [-0.05, 0) is 17.7 Å². The van der Waals surface area contributed by atoms with Gasteiger partial charge in [-0.3, -0.25) is 9.59 Å². The monoisotopic (exact) mass is 382 g/mol. The predicted octanol–water partition coefficient (Wildman–Crippen LogP) is 3.08. The van der Waals surface area contributed by atoms with Gasteiger partial charge in [0.05, 0.1) is 0 Å². The van der Waals surface area contributed by atoms with Gasteiger partial charge in [0.25, 0.3) is 5.56 Å². The molecule has 0 spiro atoms. The minimum absolute atomic E-state index is 0.0565. The van der Waals surface area contributed by atoms with E-state index in [-0.39, 0.29) is 30.0 Å². The summed E-state index contributed by atoms with van der Waals surface area (Å²) in [6.07, 6.45) is 0.424. The van der Waals surface area contributed by atoms with Crippen LogP contribution in [0.1, 0.15) is 17.7 Å². The molecule has 1 aromatic heterocycles. The Hall–Kier alpha value is -2.99. The number of carbonyl (C=O) groups excluding carboxylic acids is 1. The fraction of sp³-hybridized carbons (Fsp3) is 0.200. The molecular formula is C20H19ClN4O2. The lowest BCUT2D eigenvalue weighted by Crippen LogP contribution is -2.27. The van der Waals surface area contributed by atoms with E-state index in [0.29, 0.717) is 23.0 Å². The largest absolute Gasteiger partial charge is 0.341 e. The molecule has 0 atom stereocenters. The smallest absolute Gasteiger partial charge is 0.273 e. The van der Waals surface area contributed by atoms with Gasteiger partial charge < -0.3 is 9.88 Å². The van der Waals surface area contributed by atoms with Crippen molar-refractivity contribution in [3.63, 3.8) is 0 Å². The maximum atomic E-state index is 12.3. The van der Waals surface area contributed by atoms with E-state index in [1.807, 2.05) is 30.3 Å². The number of nitrogens with one attached hydrogen (secondary N) is 1. The third-order valence-electron chi connectivity index (χ3n) is 4.13. The lowest BCUT2D eigenvalue weighted by Gasteiger charge is -2.17. The number of amides is 1. The maximum absolute atomic E-state index is 12.3. The molecule has 0 aliphatic rings. The van der Waals surface area contributed by atoms with Gasteiger partial charge in [0.1, 0.15) is 5.69 Å². The van der Waals surface area contributed by atoms with E-state index in [9.17, 15) is 9.59 Å². The van der Waals surface area contributed by atoms with E-state index in [2.05, 4.69) is 15.2 Å². The summed E-state index contributed by atoms with van der Waals surface area (Å²) in [4.78, 5) is 28.9. The first kappa shape index (κ1) is 18.8. The minimum Gasteiger partial charge on any atom is -0.341 e. The molecule has 0 saturated heterocycles. The molecule has 27 heavy (non-hydrogen) atoms. The molecule has 1 heterocycles. The third-order valence-corrected chi connectivity index (χ3v) is 4.36. The summed E-state index contributed by atoms with van der Waals surface area (Å²) < 4.78 is 0. The summed E-state index contributed by atoms with van der Waals surface area (Å²) in [6, 6.07) is 16.7. The summed E-state index contributed by atoms with van der Waals surface area (Å²) in [7, 11) is 1.74. The Morgan fingerprint density at radius 2 is 1.89 bits per heavy atom. The minimum atomic E-state index is -0.349. The van der Waals surface area contributed by atoms with E-state index >= 15 is 0 Å². The van der Waals surface area contributed by atoms with Crippen LogP contribution in [0.3, 0.4) is 0 Å². The topological polar surface area (TPSA) is 79.0 Å². The standard InChI is InChI=1S/C20H19ClN4O2/c1-25(13-14-6-3-2-4-7-14)18(26)11-10-17-20(27)22-19(24-23-17)15-8-5-9-16(21)12-15/h2-9,12H,10-11,13H2,1H3,(H,22,24,27). The number of hydrogen-bond donors (Lipinski definition) is 1. The molecule has 0 unspecified atom stereocenters. The van der Waals surface area contributed by atoms with Gasteiger partial charge in [-0.15, -0.1) is 10.2 Å². The fourth-order valence-corrected chi connectivity index (χ4v) is 2.84.